The highest BCUT2D eigenvalue weighted by atomic mass is 16.1. The van der Waals surface area contributed by atoms with Crippen molar-refractivity contribution in [3.8, 4) is 0 Å². The molecule has 0 aliphatic carbocycles. The molecule has 0 fully saturated rings. The first-order valence-electron chi connectivity index (χ1n) is 5.36. The van der Waals surface area contributed by atoms with Gasteiger partial charge >= 0.3 is 0 Å². The summed E-state index contributed by atoms with van der Waals surface area (Å²) in [7, 11) is 0. The highest BCUT2D eigenvalue weighted by Crippen LogP contribution is 2.27. The maximum atomic E-state index is 11.5. The number of hydrogen-bond acceptors (Lipinski definition) is 2. The first-order valence-corrected chi connectivity index (χ1v) is 5.36. The largest absolute Gasteiger partial charge is 0.377 e. The van der Waals surface area contributed by atoms with Crippen LogP contribution in [0.5, 0.6) is 0 Å². The first kappa shape index (κ1) is 10.2. The van der Waals surface area contributed by atoms with Crippen molar-refractivity contribution in [1.29, 1.82) is 0 Å². The van der Waals surface area contributed by atoms with Gasteiger partial charge in [0.15, 0.2) is 5.78 Å². The summed E-state index contributed by atoms with van der Waals surface area (Å²) in [4.78, 5) is 11.5. The topological polar surface area (TPSA) is 29.1 Å². The van der Waals surface area contributed by atoms with Gasteiger partial charge < -0.3 is 5.32 Å². The second kappa shape index (κ2) is 3.37. The van der Waals surface area contributed by atoms with Crippen molar-refractivity contribution in [1.82, 2.24) is 0 Å². The highest BCUT2D eigenvalue weighted by molar-refractivity contribution is 6.08. The van der Waals surface area contributed by atoms with Crippen LogP contribution in [0.1, 0.15) is 36.7 Å². The minimum Gasteiger partial charge on any atom is -0.377 e. The molecule has 1 aromatic carbocycles. The number of benzene rings is 1. The molecule has 0 saturated heterocycles. The van der Waals surface area contributed by atoms with Crippen LogP contribution in [0.2, 0.25) is 0 Å². The Hall–Kier alpha value is -1.31. The molecule has 0 saturated carbocycles. The number of fused-ring (bicyclic) bond motifs is 1. The van der Waals surface area contributed by atoms with E-state index < -0.39 is 0 Å². The minimum atomic E-state index is 0.209. The van der Waals surface area contributed by atoms with E-state index in [0.29, 0.717) is 6.54 Å². The van der Waals surface area contributed by atoms with Gasteiger partial charge in [0.25, 0.3) is 0 Å². The Morgan fingerprint density at radius 1 is 1.33 bits per heavy atom. The van der Waals surface area contributed by atoms with Gasteiger partial charge in [-0.25, -0.2) is 0 Å². The molecule has 0 unspecified atom stereocenters. The van der Waals surface area contributed by atoms with Crippen LogP contribution < -0.4 is 5.32 Å². The van der Waals surface area contributed by atoms with Crippen molar-refractivity contribution < 1.29 is 4.79 Å². The van der Waals surface area contributed by atoms with E-state index in [4.69, 9.17) is 0 Å². The normalized spacial score (nSPS) is 15.0. The van der Waals surface area contributed by atoms with E-state index in [9.17, 15) is 4.79 Å². The molecule has 1 aliphatic heterocycles. The molecule has 0 atom stereocenters. The van der Waals surface area contributed by atoms with Gasteiger partial charge in [-0.1, -0.05) is 26.8 Å². The molecule has 0 bridgehead atoms. The number of hydrogen-bond donors (Lipinski definition) is 1. The number of ketones is 1. The fourth-order valence-electron chi connectivity index (χ4n) is 1.97. The SMILES string of the molecule is CC(C)(C)Cc1ccc2c(c1)C(=O)CN2. The van der Waals surface area contributed by atoms with Gasteiger partial charge in [0.2, 0.25) is 0 Å². The minimum absolute atomic E-state index is 0.209. The third kappa shape index (κ3) is 2.20. The summed E-state index contributed by atoms with van der Waals surface area (Å²) >= 11 is 0. The lowest BCUT2D eigenvalue weighted by atomic mass is 9.87. The van der Waals surface area contributed by atoms with Crippen molar-refractivity contribution in [2.75, 3.05) is 11.9 Å². The smallest absolute Gasteiger partial charge is 0.183 e. The third-order valence-electron chi connectivity index (χ3n) is 2.56. The van der Waals surface area contributed by atoms with E-state index in [-0.39, 0.29) is 11.2 Å². The van der Waals surface area contributed by atoms with Gasteiger partial charge in [0.05, 0.1) is 6.54 Å². The second-order valence-electron chi connectivity index (χ2n) is 5.39. The van der Waals surface area contributed by atoms with E-state index in [0.717, 1.165) is 17.7 Å². The molecule has 15 heavy (non-hydrogen) atoms. The third-order valence-corrected chi connectivity index (χ3v) is 2.56. The number of rotatable bonds is 1. The molecule has 0 spiro atoms. The predicted molar refractivity (Wildman–Crippen MR) is 62.4 cm³/mol. The van der Waals surface area contributed by atoms with Gasteiger partial charge in [-0.05, 0) is 29.5 Å². The standard InChI is InChI=1S/C13H17NO/c1-13(2,3)7-9-4-5-11-10(6-9)12(15)8-14-11/h4-6,14H,7-8H2,1-3H3. The molecule has 80 valence electrons. The average molecular weight is 203 g/mol. The summed E-state index contributed by atoms with van der Waals surface area (Å²) < 4.78 is 0. The van der Waals surface area contributed by atoms with E-state index in [1.165, 1.54) is 5.56 Å². The Morgan fingerprint density at radius 3 is 2.73 bits per heavy atom. The molecule has 2 heteroatoms. The van der Waals surface area contributed by atoms with E-state index >= 15 is 0 Å². The molecular formula is C13H17NO. The molecule has 0 amide bonds. The fourth-order valence-corrected chi connectivity index (χ4v) is 1.97. The average Bonchev–Trinajstić information content (AvgIpc) is 2.45. The Kier molecular flexibility index (Phi) is 2.29. The van der Waals surface area contributed by atoms with E-state index in [1.807, 2.05) is 12.1 Å². The van der Waals surface area contributed by atoms with Crippen molar-refractivity contribution >= 4 is 11.5 Å². The predicted octanol–water partition coefficient (Wildman–Crippen LogP) is 2.88. The Balaban J connectivity index is 2.30. The summed E-state index contributed by atoms with van der Waals surface area (Å²) in [5.41, 5.74) is 3.36. The van der Waals surface area contributed by atoms with Crippen molar-refractivity contribution in [3.63, 3.8) is 0 Å². The van der Waals surface area contributed by atoms with Crippen LogP contribution in [0.4, 0.5) is 5.69 Å². The summed E-state index contributed by atoms with van der Waals surface area (Å²) in [5.74, 6) is 0.209. The summed E-state index contributed by atoms with van der Waals surface area (Å²) in [5, 5.41) is 3.09. The van der Waals surface area contributed by atoms with Gasteiger partial charge in [-0.3, -0.25) is 4.79 Å². The van der Waals surface area contributed by atoms with Crippen LogP contribution in [-0.2, 0) is 6.42 Å². The van der Waals surface area contributed by atoms with Crippen LogP contribution in [0, 0.1) is 5.41 Å². The Bertz CT molecular complexity index is 401. The maximum Gasteiger partial charge on any atom is 0.183 e. The Morgan fingerprint density at radius 2 is 2.07 bits per heavy atom. The summed E-state index contributed by atoms with van der Waals surface area (Å²) in [6.45, 7) is 7.08. The number of Topliss-reactive ketones (excluding diaryl/α,β-unsaturated/α-hetero) is 1. The van der Waals surface area contributed by atoms with Gasteiger partial charge in [-0.15, -0.1) is 0 Å². The quantitative estimate of drug-likeness (QED) is 0.760. The maximum absolute atomic E-state index is 11.5. The Labute approximate surface area is 90.7 Å². The molecule has 2 nitrogen and oxygen atoms in total. The van der Waals surface area contributed by atoms with E-state index in [1.54, 1.807) is 0 Å². The summed E-state index contributed by atoms with van der Waals surface area (Å²) in [6, 6.07) is 6.15. The molecule has 0 radical (unpaired) electrons. The zero-order valence-electron chi connectivity index (χ0n) is 9.55. The first-order chi connectivity index (χ1) is 6.96. The number of carbonyl (C=O) groups excluding carboxylic acids is 1. The number of carbonyl (C=O) groups is 1. The van der Waals surface area contributed by atoms with Gasteiger partial charge in [-0.2, -0.15) is 0 Å². The van der Waals surface area contributed by atoms with Crippen LogP contribution in [0.3, 0.4) is 0 Å². The van der Waals surface area contributed by atoms with Crippen LogP contribution in [0.25, 0.3) is 0 Å². The fraction of sp³-hybridized carbons (Fsp3) is 0.462. The molecule has 1 heterocycles. The van der Waals surface area contributed by atoms with Crippen molar-refractivity contribution in [2.45, 2.75) is 27.2 Å². The lowest BCUT2D eigenvalue weighted by Gasteiger charge is -2.18. The number of nitrogens with one attached hydrogen (secondary N) is 1. The zero-order valence-corrected chi connectivity index (χ0v) is 9.55. The molecule has 0 aromatic heterocycles. The van der Waals surface area contributed by atoms with Crippen LogP contribution in [-0.4, -0.2) is 12.3 Å². The lowest BCUT2D eigenvalue weighted by molar-refractivity contribution is 0.101. The molecule has 2 rings (SSSR count). The van der Waals surface area contributed by atoms with Gasteiger partial charge in [0, 0.05) is 11.3 Å². The second-order valence-corrected chi connectivity index (χ2v) is 5.39. The van der Waals surface area contributed by atoms with Crippen molar-refractivity contribution in [2.24, 2.45) is 5.41 Å². The molecule has 1 aliphatic rings. The highest BCUT2D eigenvalue weighted by Gasteiger charge is 2.20. The zero-order chi connectivity index (χ0) is 11.1. The lowest BCUT2D eigenvalue weighted by Crippen LogP contribution is -2.09. The summed E-state index contributed by atoms with van der Waals surface area (Å²) in [6.07, 6.45) is 1.01. The van der Waals surface area contributed by atoms with Crippen LogP contribution in [0.15, 0.2) is 18.2 Å². The molecule has 1 aromatic rings. The van der Waals surface area contributed by atoms with E-state index in [2.05, 4.69) is 32.2 Å². The molecule has 1 N–H and O–H groups in total. The number of anilines is 1. The van der Waals surface area contributed by atoms with Gasteiger partial charge in [0.1, 0.15) is 0 Å². The molecular weight excluding hydrogens is 186 g/mol. The van der Waals surface area contributed by atoms with Crippen LogP contribution >= 0.6 is 0 Å². The van der Waals surface area contributed by atoms with Crippen molar-refractivity contribution in [3.05, 3.63) is 29.3 Å². The monoisotopic (exact) mass is 203 g/mol.